The Morgan fingerprint density at radius 2 is 2.00 bits per heavy atom. The molecule has 182 valence electrons. The maximum atomic E-state index is 13.4. The van der Waals surface area contributed by atoms with Gasteiger partial charge in [-0.15, -0.1) is 0 Å². The highest BCUT2D eigenvalue weighted by molar-refractivity contribution is 14.1. The standard InChI is InChI=1S/C22H22ClF3IN5O2/c1-11(2)29-20(34)21(4)10-13(27)8-12(3)17(21)30-19(33)15-9-16(22(24,25)26)31-32(15)18-14(23)6-5-7-28-18/h5-9,11H,10H2,1-4H3,(H,29,34)(H,30,33). The number of aromatic nitrogens is 3. The lowest BCUT2D eigenvalue weighted by atomic mass is 9.77. The van der Waals surface area contributed by atoms with E-state index in [4.69, 9.17) is 11.6 Å². The van der Waals surface area contributed by atoms with Crippen molar-refractivity contribution in [3.05, 3.63) is 61.7 Å². The van der Waals surface area contributed by atoms with Crippen LogP contribution in [0.4, 0.5) is 13.2 Å². The molecule has 0 spiro atoms. The summed E-state index contributed by atoms with van der Waals surface area (Å²) in [6.45, 7) is 7.03. The molecule has 0 saturated carbocycles. The highest BCUT2D eigenvalue weighted by atomic mass is 127. The summed E-state index contributed by atoms with van der Waals surface area (Å²) in [6, 6.07) is 3.41. The third-order valence-electron chi connectivity index (χ3n) is 5.17. The van der Waals surface area contributed by atoms with Crippen LogP contribution in [0.5, 0.6) is 0 Å². The molecule has 0 aromatic carbocycles. The summed E-state index contributed by atoms with van der Waals surface area (Å²) in [4.78, 5) is 30.4. The molecule has 2 N–H and O–H groups in total. The average molecular weight is 608 g/mol. The number of nitrogens with zero attached hydrogens (tertiary/aromatic N) is 3. The first-order valence-electron chi connectivity index (χ1n) is 10.2. The maximum Gasteiger partial charge on any atom is 0.435 e. The number of hydrogen-bond acceptors (Lipinski definition) is 4. The van der Waals surface area contributed by atoms with Gasteiger partial charge in [0, 0.05) is 24.0 Å². The van der Waals surface area contributed by atoms with Crippen LogP contribution in [0.2, 0.25) is 5.02 Å². The fourth-order valence-corrected chi connectivity index (χ4v) is 5.06. The minimum absolute atomic E-state index is 0.0140. The summed E-state index contributed by atoms with van der Waals surface area (Å²) in [5.74, 6) is -1.32. The molecule has 2 aromatic heterocycles. The summed E-state index contributed by atoms with van der Waals surface area (Å²) in [5, 5.41) is 9.09. The molecule has 0 radical (unpaired) electrons. The highest BCUT2D eigenvalue weighted by Gasteiger charge is 2.43. The fraction of sp³-hybridized carbons (Fsp3) is 0.364. The van der Waals surface area contributed by atoms with Crippen molar-refractivity contribution in [3.63, 3.8) is 0 Å². The monoisotopic (exact) mass is 607 g/mol. The summed E-state index contributed by atoms with van der Waals surface area (Å²) in [7, 11) is 0. The zero-order valence-corrected chi connectivity index (χ0v) is 21.6. The molecule has 1 aliphatic carbocycles. The van der Waals surface area contributed by atoms with E-state index in [9.17, 15) is 22.8 Å². The van der Waals surface area contributed by atoms with Crippen LogP contribution in [0.3, 0.4) is 0 Å². The van der Waals surface area contributed by atoms with Crippen LogP contribution in [0.25, 0.3) is 5.82 Å². The lowest BCUT2D eigenvalue weighted by Gasteiger charge is -2.35. The van der Waals surface area contributed by atoms with Gasteiger partial charge >= 0.3 is 6.18 Å². The number of hydrogen-bond donors (Lipinski definition) is 2. The molecule has 34 heavy (non-hydrogen) atoms. The van der Waals surface area contributed by atoms with E-state index in [1.165, 1.54) is 18.3 Å². The quantitative estimate of drug-likeness (QED) is 0.458. The Labute approximate surface area is 213 Å². The van der Waals surface area contributed by atoms with Crippen molar-refractivity contribution >= 4 is 46.0 Å². The number of rotatable bonds is 5. The summed E-state index contributed by atoms with van der Waals surface area (Å²) < 4.78 is 42.0. The van der Waals surface area contributed by atoms with E-state index in [-0.39, 0.29) is 22.8 Å². The van der Waals surface area contributed by atoms with E-state index in [2.05, 4.69) is 43.3 Å². The van der Waals surface area contributed by atoms with Gasteiger partial charge in [0.25, 0.3) is 5.91 Å². The Morgan fingerprint density at radius 1 is 1.32 bits per heavy atom. The smallest absolute Gasteiger partial charge is 0.353 e. The highest BCUT2D eigenvalue weighted by Crippen LogP contribution is 2.42. The number of carbonyl (C=O) groups is 2. The van der Waals surface area contributed by atoms with E-state index in [1.54, 1.807) is 13.8 Å². The van der Waals surface area contributed by atoms with Crippen LogP contribution in [-0.2, 0) is 11.0 Å². The van der Waals surface area contributed by atoms with Gasteiger partial charge in [0.15, 0.2) is 11.5 Å². The Hall–Kier alpha value is -2.41. The first-order chi connectivity index (χ1) is 15.7. The topological polar surface area (TPSA) is 88.9 Å². The van der Waals surface area contributed by atoms with Crippen molar-refractivity contribution in [1.29, 1.82) is 0 Å². The Morgan fingerprint density at radius 3 is 2.59 bits per heavy atom. The molecule has 2 amide bonds. The zero-order valence-electron chi connectivity index (χ0n) is 18.7. The summed E-state index contributed by atoms with van der Waals surface area (Å²) in [6.07, 6.45) is -1.34. The molecule has 12 heteroatoms. The lowest BCUT2D eigenvalue weighted by molar-refractivity contribution is -0.141. The number of carbonyl (C=O) groups excluding carboxylic acids is 2. The van der Waals surface area contributed by atoms with Crippen molar-refractivity contribution in [1.82, 2.24) is 25.4 Å². The van der Waals surface area contributed by atoms with Crippen LogP contribution in [0.1, 0.15) is 50.3 Å². The molecule has 0 aliphatic heterocycles. The van der Waals surface area contributed by atoms with Crippen LogP contribution >= 0.6 is 34.2 Å². The van der Waals surface area contributed by atoms with Crippen LogP contribution in [0.15, 0.2) is 45.3 Å². The van der Waals surface area contributed by atoms with Crippen LogP contribution < -0.4 is 10.6 Å². The predicted molar refractivity (Wildman–Crippen MR) is 130 cm³/mol. The molecule has 1 unspecified atom stereocenters. The van der Waals surface area contributed by atoms with Crippen LogP contribution in [0, 0.1) is 5.41 Å². The molecule has 0 saturated heterocycles. The third kappa shape index (κ3) is 5.29. The number of alkyl halides is 3. The molecule has 3 rings (SSSR count). The Bertz CT molecular complexity index is 1210. The van der Waals surface area contributed by atoms with Gasteiger partial charge in [0.05, 0.1) is 10.4 Å². The first kappa shape index (κ1) is 26.2. The summed E-state index contributed by atoms with van der Waals surface area (Å²) >= 11 is 8.24. The molecule has 0 bridgehead atoms. The molecule has 1 atom stereocenters. The van der Waals surface area contributed by atoms with E-state index >= 15 is 0 Å². The van der Waals surface area contributed by atoms with Gasteiger partial charge in [-0.05, 0) is 84.1 Å². The minimum atomic E-state index is -4.80. The van der Waals surface area contributed by atoms with Gasteiger partial charge < -0.3 is 10.6 Å². The van der Waals surface area contributed by atoms with E-state index in [0.717, 1.165) is 8.26 Å². The minimum Gasteiger partial charge on any atom is -0.353 e. The molecule has 1 aliphatic rings. The van der Waals surface area contributed by atoms with Gasteiger partial charge in [0.2, 0.25) is 5.91 Å². The van der Waals surface area contributed by atoms with Gasteiger partial charge in [-0.2, -0.15) is 18.3 Å². The van der Waals surface area contributed by atoms with E-state index < -0.39 is 28.9 Å². The van der Waals surface area contributed by atoms with Crippen molar-refractivity contribution in [3.8, 4) is 5.82 Å². The van der Waals surface area contributed by atoms with Crippen molar-refractivity contribution in [2.75, 3.05) is 0 Å². The normalized spacial score (nSPS) is 18.7. The number of amides is 2. The fourth-order valence-electron chi connectivity index (χ4n) is 3.62. The molecule has 2 aromatic rings. The van der Waals surface area contributed by atoms with Gasteiger partial charge in [-0.25, -0.2) is 9.67 Å². The second-order valence-corrected chi connectivity index (χ2v) is 10.2. The van der Waals surface area contributed by atoms with Gasteiger partial charge in [0.1, 0.15) is 5.69 Å². The zero-order chi connectivity index (χ0) is 25.4. The molecular formula is C22H22ClF3IN5O2. The molecule has 7 nitrogen and oxygen atoms in total. The van der Waals surface area contributed by atoms with Crippen molar-refractivity contribution < 1.29 is 22.8 Å². The van der Waals surface area contributed by atoms with E-state index in [0.29, 0.717) is 23.8 Å². The second kappa shape index (κ2) is 9.68. The Balaban J connectivity index is 2.09. The number of pyridine rings is 1. The number of allylic oxidation sites excluding steroid dienone is 3. The molecule has 0 fully saturated rings. The second-order valence-electron chi connectivity index (χ2n) is 8.37. The largest absolute Gasteiger partial charge is 0.435 e. The van der Waals surface area contributed by atoms with Crippen LogP contribution in [-0.4, -0.2) is 32.6 Å². The van der Waals surface area contributed by atoms with Gasteiger partial charge in [-0.1, -0.05) is 11.6 Å². The SMILES string of the molecule is CC1=C(NC(=O)c2cc(C(F)(F)F)nn2-c2ncccc2Cl)C(C)(C(=O)NC(C)C)CC(I)=C1. The lowest BCUT2D eigenvalue weighted by Crippen LogP contribution is -2.48. The average Bonchev–Trinajstić information content (AvgIpc) is 3.16. The third-order valence-corrected chi connectivity index (χ3v) is 6.16. The first-order valence-corrected chi connectivity index (χ1v) is 11.7. The van der Waals surface area contributed by atoms with Crippen molar-refractivity contribution in [2.45, 2.75) is 46.3 Å². The molecular weight excluding hydrogens is 586 g/mol. The number of halogens is 5. The molecule has 2 heterocycles. The summed E-state index contributed by atoms with van der Waals surface area (Å²) in [5.41, 5.74) is -1.93. The van der Waals surface area contributed by atoms with Gasteiger partial charge in [-0.3, -0.25) is 9.59 Å². The van der Waals surface area contributed by atoms with Crippen molar-refractivity contribution in [2.24, 2.45) is 5.41 Å². The van der Waals surface area contributed by atoms with E-state index in [1.807, 2.05) is 19.9 Å². The predicted octanol–water partition coefficient (Wildman–Crippen LogP) is 5.20. The maximum absolute atomic E-state index is 13.4. The Kier molecular flexibility index (Phi) is 7.46. The number of nitrogens with one attached hydrogen (secondary N) is 2.